The molecule has 0 aromatic carbocycles. The SMILES string of the molecule is CN1CCCC1CNc1ncc(N)cc1Cl. The maximum Gasteiger partial charge on any atom is 0.144 e. The van der Waals surface area contributed by atoms with Crippen LogP contribution < -0.4 is 11.1 Å². The Hall–Kier alpha value is -1.00. The van der Waals surface area contributed by atoms with Crippen molar-refractivity contribution < 1.29 is 0 Å². The first-order chi connectivity index (χ1) is 7.66. The first kappa shape index (κ1) is 11.5. The summed E-state index contributed by atoms with van der Waals surface area (Å²) in [6.45, 7) is 2.06. The van der Waals surface area contributed by atoms with Crippen molar-refractivity contribution in [3.8, 4) is 0 Å². The molecule has 1 unspecified atom stereocenters. The third kappa shape index (κ3) is 2.57. The molecule has 1 aliphatic rings. The van der Waals surface area contributed by atoms with Gasteiger partial charge in [-0.3, -0.25) is 0 Å². The van der Waals surface area contributed by atoms with Crippen molar-refractivity contribution >= 4 is 23.1 Å². The number of likely N-dealkylation sites (N-methyl/N-ethyl adjacent to an activating group) is 1. The van der Waals surface area contributed by atoms with Gasteiger partial charge >= 0.3 is 0 Å². The molecule has 2 rings (SSSR count). The standard InChI is InChI=1S/C11H17ClN4/c1-16-4-2-3-9(16)7-15-11-10(12)5-8(13)6-14-11/h5-6,9H,2-4,7,13H2,1H3,(H,14,15). The number of likely N-dealkylation sites (tertiary alicyclic amines) is 1. The molecule has 0 aliphatic carbocycles. The summed E-state index contributed by atoms with van der Waals surface area (Å²) in [6.07, 6.45) is 4.12. The Bertz CT molecular complexity index is 369. The summed E-state index contributed by atoms with van der Waals surface area (Å²) in [5.41, 5.74) is 6.18. The van der Waals surface area contributed by atoms with Gasteiger partial charge in [-0.25, -0.2) is 4.98 Å². The molecule has 1 aromatic heterocycles. The lowest BCUT2D eigenvalue weighted by Gasteiger charge is -2.20. The van der Waals surface area contributed by atoms with Gasteiger partial charge in [0.25, 0.3) is 0 Å². The second-order valence-electron chi connectivity index (χ2n) is 4.26. The minimum absolute atomic E-state index is 0.579. The lowest BCUT2D eigenvalue weighted by atomic mass is 10.2. The topological polar surface area (TPSA) is 54.2 Å². The van der Waals surface area contributed by atoms with Crippen molar-refractivity contribution in [3.63, 3.8) is 0 Å². The zero-order valence-electron chi connectivity index (χ0n) is 9.41. The van der Waals surface area contributed by atoms with Gasteiger partial charge in [-0.15, -0.1) is 0 Å². The van der Waals surface area contributed by atoms with Crippen LogP contribution in [0, 0.1) is 0 Å². The maximum absolute atomic E-state index is 6.03. The summed E-state index contributed by atoms with van der Waals surface area (Å²) >= 11 is 6.03. The molecule has 0 radical (unpaired) electrons. The number of nitrogens with one attached hydrogen (secondary N) is 1. The Kier molecular flexibility index (Phi) is 3.51. The highest BCUT2D eigenvalue weighted by Gasteiger charge is 2.20. The Balaban J connectivity index is 1.94. The van der Waals surface area contributed by atoms with Gasteiger partial charge in [-0.05, 0) is 32.5 Å². The third-order valence-corrected chi connectivity index (χ3v) is 3.33. The Morgan fingerprint density at radius 3 is 3.12 bits per heavy atom. The van der Waals surface area contributed by atoms with E-state index in [1.807, 2.05) is 0 Å². The lowest BCUT2D eigenvalue weighted by molar-refractivity contribution is 0.322. The first-order valence-electron chi connectivity index (χ1n) is 5.52. The molecule has 2 heterocycles. The predicted molar refractivity (Wildman–Crippen MR) is 67.8 cm³/mol. The molecule has 1 saturated heterocycles. The van der Waals surface area contributed by atoms with Crippen LogP contribution in [-0.4, -0.2) is 36.1 Å². The number of hydrogen-bond acceptors (Lipinski definition) is 4. The van der Waals surface area contributed by atoms with E-state index in [1.54, 1.807) is 12.3 Å². The largest absolute Gasteiger partial charge is 0.397 e. The number of aromatic nitrogens is 1. The molecule has 0 saturated carbocycles. The van der Waals surface area contributed by atoms with E-state index < -0.39 is 0 Å². The van der Waals surface area contributed by atoms with Gasteiger partial charge in [0, 0.05) is 12.6 Å². The molecule has 3 N–H and O–H groups in total. The van der Waals surface area contributed by atoms with Crippen LogP contribution in [0.2, 0.25) is 5.02 Å². The van der Waals surface area contributed by atoms with E-state index in [4.69, 9.17) is 17.3 Å². The van der Waals surface area contributed by atoms with Gasteiger partial charge in [-0.1, -0.05) is 11.6 Å². The molecular weight excluding hydrogens is 224 g/mol. The van der Waals surface area contributed by atoms with E-state index >= 15 is 0 Å². The number of pyridine rings is 1. The van der Waals surface area contributed by atoms with Crippen molar-refractivity contribution in [2.75, 3.05) is 31.2 Å². The number of nitrogen functional groups attached to an aromatic ring is 1. The van der Waals surface area contributed by atoms with E-state index in [2.05, 4.69) is 22.2 Å². The average Bonchev–Trinajstić information content (AvgIpc) is 2.63. The normalized spacial score (nSPS) is 21.2. The van der Waals surface area contributed by atoms with Crippen LogP contribution in [0.25, 0.3) is 0 Å². The van der Waals surface area contributed by atoms with Gasteiger partial charge in [0.15, 0.2) is 0 Å². The second-order valence-corrected chi connectivity index (χ2v) is 4.66. The summed E-state index contributed by atoms with van der Waals surface area (Å²) < 4.78 is 0. The van der Waals surface area contributed by atoms with Crippen LogP contribution in [-0.2, 0) is 0 Å². The van der Waals surface area contributed by atoms with Crippen molar-refractivity contribution in [2.24, 2.45) is 0 Å². The van der Waals surface area contributed by atoms with E-state index in [9.17, 15) is 0 Å². The number of rotatable bonds is 3. The number of nitrogens with zero attached hydrogens (tertiary/aromatic N) is 2. The van der Waals surface area contributed by atoms with Crippen LogP contribution in [0.5, 0.6) is 0 Å². The smallest absolute Gasteiger partial charge is 0.144 e. The molecular formula is C11H17ClN4. The second kappa shape index (κ2) is 4.89. The Morgan fingerprint density at radius 1 is 1.69 bits per heavy atom. The molecule has 1 atom stereocenters. The number of nitrogens with two attached hydrogens (primary N) is 1. The molecule has 4 nitrogen and oxygen atoms in total. The zero-order chi connectivity index (χ0) is 11.5. The van der Waals surface area contributed by atoms with Crippen molar-refractivity contribution in [1.29, 1.82) is 0 Å². The van der Waals surface area contributed by atoms with E-state index in [0.717, 1.165) is 12.4 Å². The molecule has 0 amide bonds. The maximum atomic E-state index is 6.03. The molecule has 0 bridgehead atoms. The number of anilines is 2. The molecule has 16 heavy (non-hydrogen) atoms. The molecule has 0 spiro atoms. The van der Waals surface area contributed by atoms with Gasteiger partial charge in [0.05, 0.1) is 16.9 Å². The quantitative estimate of drug-likeness (QED) is 0.847. The number of halogens is 1. The average molecular weight is 241 g/mol. The fourth-order valence-corrected chi connectivity index (χ4v) is 2.28. The van der Waals surface area contributed by atoms with Gasteiger partial charge in [0.1, 0.15) is 5.82 Å². The van der Waals surface area contributed by atoms with Crippen LogP contribution >= 0.6 is 11.6 Å². The van der Waals surface area contributed by atoms with Crippen molar-refractivity contribution in [2.45, 2.75) is 18.9 Å². The zero-order valence-corrected chi connectivity index (χ0v) is 10.2. The van der Waals surface area contributed by atoms with Crippen LogP contribution in [0.3, 0.4) is 0 Å². The first-order valence-corrected chi connectivity index (χ1v) is 5.90. The molecule has 88 valence electrons. The monoisotopic (exact) mass is 240 g/mol. The predicted octanol–water partition coefficient (Wildman–Crippen LogP) is 1.82. The van der Waals surface area contributed by atoms with Crippen LogP contribution in [0.1, 0.15) is 12.8 Å². The van der Waals surface area contributed by atoms with Crippen LogP contribution in [0.4, 0.5) is 11.5 Å². The molecule has 1 aliphatic heterocycles. The molecule has 1 fully saturated rings. The van der Waals surface area contributed by atoms with Gasteiger partial charge in [-0.2, -0.15) is 0 Å². The minimum atomic E-state index is 0.579. The summed E-state index contributed by atoms with van der Waals surface area (Å²) in [5, 5.41) is 3.86. The minimum Gasteiger partial charge on any atom is -0.397 e. The summed E-state index contributed by atoms with van der Waals surface area (Å²) in [4.78, 5) is 6.54. The number of hydrogen-bond donors (Lipinski definition) is 2. The van der Waals surface area contributed by atoms with Crippen molar-refractivity contribution in [3.05, 3.63) is 17.3 Å². The molecule has 1 aromatic rings. The Labute approximate surface area is 101 Å². The summed E-state index contributed by atoms with van der Waals surface area (Å²) in [6, 6.07) is 2.30. The van der Waals surface area contributed by atoms with Crippen molar-refractivity contribution in [1.82, 2.24) is 9.88 Å². The van der Waals surface area contributed by atoms with Crippen LogP contribution in [0.15, 0.2) is 12.3 Å². The Morgan fingerprint density at radius 2 is 2.50 bits per heavy atom. The van der Waals surface area contributed by atoms with Gasteiger partial charge in [0.2, 0.25) is 0 Å². The highest BCUT2D eigenvalue weighted by atomic mass is 35.5. The fraction of sp³-hybridized carbons (Fsp3) is 0.545. The lowest BCUT2D eigenvalue weighted by Crippen LogP contribution is -2.31. The van der Waals surface area contributed by atoms with E-state index in [-0.39, 0.29) is 0 Å². The summed E-state index contributed by atoms with van der Waals surface area (Å²) in [5.74, 6) is 0.719. The van der Waals surface area contributed by atoms with Gasteiger partial charge < -0.3 is 16.0 Å². The highest BCUT2D eigenvalue weighted by molar-refractivity contribution is 6.33. The summed E-state index contributed by atoms with van der Waals surface area (Å²) in [7, 11) is 2.15. The van der Waals surface area contributed by atoms with E-state index in [0.29, 0.717) is 16.8 Å². The highest BCUT2D eigenvalue weighted by Crippen LogP contribution is 2.22. The third-order valence-electron chi connectivity index (χ3n) is 3.04. The molecule has 5 heteroatoms. The fourth-order valence-electron chi connectivity index (χ4n) is 2.03. The van der Waals surface area contributed by atoms with E-state index in [1.165, 1.54) is 19.4 Å².